The number of hydrogen-bond acceptors (Lipinski definition) is 4. The largest absolute Gasteiger partial charge is 0.481 e. The van der Waals surface area contributed by atoms with Crippen molar-refractivity contribution in [3.8, 4) is 5.88 Å². The van der Waals surface area contributed by atoms with Crippen molar-refractivity contribution in [1.29, 1.82) is 0 Å². The van der Waals surface area contributed by atoms with Crippen LogP contribution in [0.3, 0.4) is 0 Å². The maximum Gasteiger partial charge on any atom is 0.213 e. The van der Waals surface area contributed by atoms with Crippen molar-refractivity contribution in [1.82, 2.24) is 4.98 Å². The average molecular weight is 207 g/mol. The standard InChI is InChI=1S/C11H13NO3/c1-8(13)6-7-10(14)9-4-3-5-11(12-9)15-2/h3-5H,6-7H2,1-2H3. The molecule has 4 heteroatoms. The van der Waals surface area contributed by atoms with Gasteiger partial charge < -0.3 is 9.53 Å². The van der Waals surface area contributed by atoms with E-state index in [0.717, 1.165) is 0 Å². The van der Waals surface area contributed by atoms with Crippen molar-refractivity contribution in [2.45, 2.75) is 19.8 Å². The molecule has 0 aliphatic carbocycles. The molecule has 0 spiro atoms. The number of carbonyl (C=O) groups excluding carboxylic acids is 2. The zero-order valence-electron chi connectivity index (χ0n) is 8.82. The highest BCUT2D eigenvalue weighted by Crippen LogP contribution is 2.09. The number of nitrogens with zero attached hydrogens (tertiary/aromatic N) is 1. The van der Waals surface area contributed by atoms with E-state index in [1.54, 1.807) is 18.2 Å². The Bertz CT molecular complexity index is 374. The Balaban J connectivity index is 2.69. The molecule has 0 atom stereocenters. The average Bonchev–Trinajstić information content (AvgIpc) is 2.26. The van der Waals surface area contributed by atoms with Crippen LogP contribution in [-0.4, -0.2) is 23.7 Å². The molecular formula is C11H13NO3. The van der Waals surface area contributed by atoms with Crippen LogP contribution in [0, 0.1) is 0 Å². The number of rotatable bonds is 5. The predicted octanol–water partition coefficient (Wildman–Crippen LogP) is 1.64. The molecule has 1 aromatic rings. The monoisotopic (exact) mass is 207 g/mol. The predicted molar refractivity (Wildman–Crippen MR) is 55.0 cm³/mol. The third-order valence-corrected chi connectivity index (χ3v) is 1.92. The highest BCUT2D eigenvalue weighted by atomic mass is 16.5. The molecule has 0 amide bonds. The van der Waals surface area contributed by atoms with E-state index >= 15 is 0 Å². The molecule has 0 aliphatic heterocycles. The second-order valence-corrected chi connectivity index (χ2v) is 3.19. The second kappa shape index (κ2) is 5.24. The van der Waals surface area contributed by atoms with Gasteiger partial charge in [0.15, 0.2) is 5.78 Å². The summed E-state index contributed by atoms with van der Waals surface area (Å²) in [4.78, 5) is 26.2. The first kappa shape index (κ1) is 11.4. The summed E-state index contributed by atoms with van der Waals surface area (Å²) in [6.07, 6.45) is 0.466. The zero-order valence-corrected chi connectivity index (χ0v) is 8.82. The van der Waals surface area contributed by atoms with Gasteiger partial charge in [0.2, 0.25) is 5.88 Å². The molecule has 1 aromatic heterocycles. The van der Waals surface area contributed by atoms with Crippen LogP contribution in [0.5, 0.6) is 5.88 Å². The summed E-state index contributed by atoms with van der Waals surface area (Å²) in [5.41, 5.74) is 0.343. The van der Waals surface area contributed by atoms with Crippen LogP contribution in [0.2, 0.25) is 0 Å². The molecule has 4 nitrogen and oxygen atoms in total. The molecular weight excluding hydrogens is 194 g/mol. The Kier molecular flexibility index (Phi) is 3.97. The smallest absolute Gasteiger partial charge is 0.213 e. The van der Waals surface area contributed by atoms with Gasteiger partial charge in [-0.3, -0.25) is 4.79 Å². The number of hydrogen-bond donors (Lipinski definition) is 0. The molecule has 80 valence electrons. The van der Waals surface area contributed by atoms with E-state index in [-0.39, 0.29) is 24.4 Å². The number of aromatic nitrogens is 1. The Labute approximate surface area is 88.3 Å². The molecule has 0 unspecified atom stereocenters. The first-order chi connectivity index (χ1) is 7.13. The van der Waals surface area contributed by atoms with E-state index in [2.05, 4.69) is 4.98 Å². The van der Waals surface area contributed by atoms with Crippen LogP contribution in [0.25, 0.3) is 0 Å². The SMILES string of the molecule is COc1cccc(C(=O)CCC(C)=O)n1. The fourth-order valence-corrected chi connectivity index (χ4v) is 1.10. The van der Waals surface area contributed by atoms with E-state index < -0.39 is 0 Å². The van der Waals surface area contributed by atoms with Gasteiger partial charge in [-0.15, -0.1) is 0 Å². The van der Waals surface area contributed by atoms with Gasteiger partial charge in [-0.05, 0) is 13.0 Å². The third kappa shape index (κ3) is 3.50. The molecule has 0 saturated carbocycles. The van der Waals surface area contributed by atoms with Gasteiger partial charge in [0.05, 0.1) is 7.11 Å². The summed E-state index contributed by atoms with van der Waals surface area (Å²) in [6, 6.07) is 4.99. The van der Waals surface area contributed by atoms with Crippen LogP contribution in [0.4, 0.5) is 0 Å². The lowest BCUT2D eigenvalue weighted by atomic mass is 10.1. The fourth-order valence-electron chi connectivity index (χ4n) is 1.10. The van der Waals surface area contributed by atoms with Crippen LogP contribution < -0.4 is 4.74 Å². The van der Waals surface area contributed by atoms with Crippen molar-refractivity contribution in [3.63, 3.8) is 0 Å². The lowest BCUT2D eigenvalue weighted by Crippen LogP contribution is -2.05. The molecule has 0 fully saturated rings. The van der Waals surface area contributed by atoms with Gasteiger partial charge in [0.25, 0.3) is 0 Å². The number of pyridine rings is 1. The lowest BCUT2D eigenvalue weighted by molar-refractivity contribution is -0.116. The van der Waals surface area contributed by atoms with Crippen molar-refractivity contribution < 1.29 is 14.3 Å². The van der Waals surface area contributed by atoms with Gasteiger partial charge in [-0.1, -0.05) is 6.07 Å². The quantitative estimate of drug-likeness (QED) is 0.689. The molecule has 1 heterocycles. The topological polar surface area (TPSA) is 56.3 Å². The van der Waals surface area contributed by atoms with Gasteiger partial charge in [-0.25, -0.2) is 4.98 Å². The van der Waals surface area contributed by atoms with Crippen LogP contribution in [0.1, 0.15) is 30.3 Å². The first-order valence-corrected chi connectivity index (χ1v) is 4.67. The Morgan fingerprint density at radius 3 is 2.67 bits per heavy atom. The molecule has 0 saturated heterocycles. The second-order valence-electron chi connectivity index (χ2n) is 3.19. The van der Waals surface area contributed by atoms with Gasteiger partial charge in [0, 0.05) is 18.9 Å². The molecule has 1 rings (SSSR count). The summed E-state index contributed by atoms with van der Waals surface area (Å²) >= 11 is 0. The summed E-state index contributed by atoms with van der Waals surface area (Å²) < 4.78 is 4.90. The summed E-state index contributed by atoms with van der Waals surface area (Å²) in [7, 11) is 1.49. The minimum Gasteiger partial charge on any atom is -0.481 e. The maximum atomic E-state index is 11.5. The van der Waals surface area contributed by atoms with E-state index in [1.165, 1.54) is 14.0 Å². The lowest BCUT2D eigenvalue weighted by Gasteiger charge is -2.01. The first-order valence-electron chi connectivity index (χ1n) is 4.67. The molecule has 0 radical (unpaired) electrons. The third-order valence-electron chi connectivity index (χ3n) is 1.92. The van der Waals surface area contributed by atoms with Crippen molar-refractivity contribution in [3.05, 3.63) is 23.9 Å². The van der Waals surface area contributed by atoms with Gasteiger partial charge >= 0.3 is 0 Å². The fraction of sp³-hybridized carbons (Fsp3) is 0.364. The van der Waals surface area contributed by atoms with Crippen LogP contribution in [0.15, 0.2) is 18.2 Å². The van der Waals surface area contributed by atoms with E-state index in [4.69, 9.17) is 4.74 Å². The highest BCUT2D eigenvalue weighted by Gasteiger charge is 2.09. The van der Waals surface area contributed by atoms with Crippen molar-refractivity contribution >= 4 is 11.6 Å². The molecule has 0 aromatic carbocycles. The summed E-state index contributed by atoms with van der Waals surface area (Å²) in [6.45, 7) is 1.46. The van der Waals surface area contributed by atoms with Crippen molar-refractivity contribution in [2.24, 2.45) is 0 Å². The normalized spacial score (nSPS) is 9.73. The Hall–Kier alpha value is -1.71. The van der Waals surface area contributed by atoms with E-state index in [1.807, 2.05) is 0 Å². The zero-order chi connectivity index (χ0) is 11.3. The maximum absolute atomic E-state index is 11.5. The number of carbonyl (C=O) groups is 2. The van der Waals surface area contributed by atoms with Crippen LogP contribution >= 0.6 is 0 Å². The molecule has 0 bridgehead atoms. The van der Waals surface area contributed by atoms with Gasteiger partial charge in [-0.2, -0.15) is 0 Å². The minimum atomic E-state index is -0.135. The summed E-state index contributed by atoms with van der Waals surface area (Å²) in [5, 5.41) is 0. The number of ether oxygens (including phenoxy) is 1. The molecule has 0 aliphatic rings. The minimum absolute atomic E-state index is 0.00578. The van der Waals surface area contributed by atoms with Crippen LogP contribution in [-0.2, 0) is 4.79 Å². The molecule has 0 N–H and O–H groups in total. The Morgan fingerprint density at radius 1 is 1.33 bits per heavy atom. The van der Waals surface area contributed by atoms with E-state index in [9.17, 15) is 9.59 Å². The highest BCUT2D eigenvalue weighted by molar-refractivity contribution is 5.96. The number of Topliss-reactive ketones (excluding diaryl/α,β-unsaturated/α-hetero) is 2. The van der Waals surface area contributed by atoms with Gasteiger partial charge in [0.1, 0.15) is 11.5 Å². The number of methoxy groups -OCH3 is 1. The number of ketones is 2. The van der Waals surface area contributed by atoms with E-state index in [0.29, 0.717) is 11.6 Å². The molecule has 15 heavy (non-hydrogen) atoms. The van der Waals surface area contributed by atoms with Crippen molar-refractivity contribution in [2.75, 3.05) is 7.11 Å². The Morgan fingerprint density at radius 2 is 2.07 bits per heavy atom. The summed E-state index contributed by atoms with van der Waals surface area (Å²) in [5.74, 6) is 0.277.